The van der Waals surface area contributed by atoms with Crippen molar-refractivity contribution in [3.63, 3.8) is 0 Å². The van der Waals surface area contributed by atoms with E-state index >= 15 is 0 Å². The normalized spacial score (nSPS) is 23.0. The Kier molecular flexibility index (Phi) is 5.44. The van der Waals surface area contributed by atoms with E-state index in [1.165, 1.54) is 4.90 Å². The van der Waals surface area contributed by atoms with Crippen LogP contribution < -0.4 is 5.32 Å². The van der Waals surface area contributed by atoms with Crippen LogP contribution in [0.4, 0.5) is 10.5 Å². The first-order chi connectivity index (χ1) is 12.5. The number of carboxylic acids is 1. The number of rotatable bonds is 3. The number of urea groups is 1. The number of anilines is 1. The third kappa shape index (κ3) is 3.98. The summed E-state index contributed by atoms with van der Waals surface area (Å²) in [6.07, 6.45) is 2.65. The molecule has 3 rings (SSSR count). The van der Waals surface area contributed by atoms with E-state index in [-0.39, 0.29) is 17.9 Å². The maximum absolute atomic E-state index is 12.8. The lowest BCUT2D eigenvalue weighted by Gasteiger charge is -2.34. The van der Waals surface area contributed by atoms with Gasteiger partial charge in [0, 0.05) is 25.3 Å². The summed E-state index contributed by atoms with van der Waals surface area (Å²) in [6, 6.07) is 6.63. The maximum atomic E-state index is 12.8. The van der Waals surface area contributed by atoms with Crippen molar-refractivity contribution in [1.29, 1.82) is 0 Å². The van der Waals surface area contributed by atoms with E-state index in [1.54, 1.807) is 4.90 Å². The first-order valence-corrected chi connectivity index (χ1v) is 9.11. The average molecular weight is 359 g/mol. The van der Waals surface area contributed by atoms with Crippen molar-refractivity contribution in [3.8, 4) is 0 Å². The molecule has 0 aromatic heterocycles. The molecule has 2 aliphatic rings. The van der Waals surface area contributed by atoms with Crippen molar-refractivity contribution in [2.75, 3.05) is 25.0 Å². The zero-order valence-corrected chi connectivity index (χ0v) is 15.0. The third-order valence-corrected chi connectivity index (χ3v) is 5.15. The summed E-state index contributed by atoms with van der Waals surface area (Å²) in [4.78, 5) is 39.8. The van der Waals surface area contributed by atoms with Gasteiger partial charge < -0.3 is 20.2 Å². The molecule has 2 fully saturated rings. The van der Waals surface area contributed by atoms with Gasteiger partial charge in [0.05, 0.1) is 5.92 Å². The highest BCUT2D eigenvalue weighted by atomic mass is 16.4. The molecule has 1 unspecified atom stereocenters. The Labute approximate surface area is 153 Å². The topological polar surface area (TPSA) is 90.0 Å². The minimum Gasteiger partial charge on any atom is -0.480 e. The molecule has 2 N–H and O–H groups in total. The maximum Gasteiger partial charge on any atom is 0.326 e. The van der Waals surface area contributed by atoms with Crippen molar-refractivity contribution in [2.24, 2.45) is 5.92 Å². The predicted molar refractivity (Wildman–Crippen MR) is 96.9 cm³/mol. The van der Waals surface area contributed by atoms with Crippen molar-refractivity contribution in [2.45, 2.75) is 38.6 Å². The molecule has 0 aliphatic carbocycles. The molecule has 2 aliphatic heterocycles. The van der Waals surface area contributed by atoms with Crippen LogP contribution >= 0.6 is 0 Å². The van der Waals surface area contributed by atoms with Crippen LogP contribution in [0.25, 0.3) is 0 Å². The van der Waals surface area contributed by atoms with Gasteiger partial charge in [-0.2, -0.15) is 0 Å². The van der Waals surface area contributed by atoms with Crippen molar-refractivity contribution >= 4 is 23.6 Å². The van der Waals surface area contributed by atoms with Crippen molar-refractivity contribution in [1.82, 2.24) is 9.80 Å². The third-order valence-electron chi connectivity index (χ3n) is 5.15. The van der Waals surface area contributed by atoms with Crippen LogP contribution in [0.5, 0.6) is 0 Å². The first-order valence-electron chi connectivity index (χ1n) is 9.11. The van der Waals surface area contributed by atoms with E-state index in [1.807, 2.05) is 31.2 Å². The highest BCUT2D eigenvalue weighted by Crippen LogP contribution is 2.25. The average Bonchev–Trinajstić information content (AvgIpc) is 3.11. The van der Waals surface area contributed by atoms with Gasteiger partial charge in [-0.3, -0.25) is 4.79 Å². The minimum absolute atomic E-state index is 0.136. The molecule has 1 aromatic carbocycles. The second-order valence-electron chi connectivity index (χ2n) is 7.11. The van der Waals surface area contributed by atoms with Crippen molar-refractivity contribution < 1.29 is 19.5 Å². The van der Waals surface area contributed by atoms with Gasteiger partial charge in [0.1, 0.15) is 6.04 Å². The summed E-state index contributed by atoms with van der Waals surface area (Å²) in [6.45, 7) is 3.38. The molecule has 7 heteroatoms. The Morgan fingerprint density at radius 3 is 2.65 bits per heavy atom. The Bertz CT molecular complexity index is 706. The lowest BCUT2D eigenvalue weighted by Crippen LogP contribution is -2.50. The molecule has 0 saturated carbocycles. The number of hydrogen-bond acceptors (Lipinski definition) is 3. The van der Waals surface area contributed by atoms with Gasteiger partial charge in [-0.1, -0.05) is 12.1 Å². The summed E-state index contributed by atoms with van der Waals surface area (Å²) in [7, 11) is 0. The number of nitrogens with zero attached hydrogens (tertiary/aromatic N) is 2. The Morgan fingerprint density at radius 2 is 1.92 bits per heavy atom. The number of aryl methyl sites for hydroxylation is 1. The van der Waals surface area contributed by atoms with E-state index in [4.69, 9.17) is 0 Å². The molecular weight excluding hydrogens is 334 g/mol. The number of carboxylic acid groups (broad SMARTS) is 1. The molecular formula is C19H25N3O4. The van der Waals surface area contributed by atoms with Gasteiger partial charge in [-0.25, -0.2) is 9.59 Å². The highest BCUT2D eigenvalue weighted by molar-refractivity contribution is 5.90. The number of likely N-dealkylation sites (tertiary alicyclic amines) is 2. The number of carbonyl (C=O) groups is 3. The number of nitrogens with one attached hydrogen (secondary N) is 1. The van der Waals surface area contributed by atoms with E-state index in [0.29, 0.717) is 38.9 Å². The molecule has 26 heavy (non-hydrogen) atoms. The number of hydrogen-bond donors (Lipinski definition) is 2. The standard InChI is InChI=1S/C19H25N3O4/c1-13-5-2-7-15(11-13)20-19(26)21-9-3-6-14(12-21)17(23)22-10-4-8-16(22)18(24)25/h2,5,7,11,14,16H,3-4,6,8-10,12H2,1H3,(H,20,26)(H,24,25)/t14?,16-/m1/s1. The van der Waals surface area contributed by atoms with Crippen LogP contribution in [0.15, 0.2) is 24.3 Å². The predicted octanol–water partition coefficient (Wildman–Crippen LogP) is 2.31. The summed E-state index contributed by atoms with van der Waals surface area (Å²) in [5.74, 6) is -1.41. The molecule has 1 aromatic rings. The van der Waals surface area contributed by atoms with Crippen LogP contribution in [0.2, 0.25) is 0 Å². The lowest BCUT2D eigenvalue weighted by molar-refractivity contribution is -0.150. The fraction of sp³-hybridized carbons (Fsp3) is 0.526. The van der Waals surface area contributed by atoms with Crippen molar-refractivity contribution in [3.05, 3.63) is 29.8 Å². The quantitative estimate of drug-likeness (QED) is 0.867. The number of amides is 3. The summed E-state index contributed by atoms with van der Waals surface area (Å²) >= 11 is 0. The van der Waals surface area contributed by atoms with E-state index < -0.39 is 12.0 Å². The lowest BCUT2D eigenvalue weighted by atomic mass is 9.96. The Morgan fingerprint density at radius 1 is 1.15 bits per heavy atom. The van der Waals surface area contributed by atoms with E-state index in [9.17, 15) is 19.5 Å². The zero-order valence-electron chi connectivity index (χ0n) is 15.0. The van der Waals surface area contributed by atoms with Gasteiger partial charge in [0.25, 0.3) is 0 Å². The second kappa shape index (κ2) is 7.76. The van der Waals surface area contributed by atoms with Gasteiger partial charge in [-0.15, -0.1) is 0 Å². The number of carbonyl (C=O) groups excluding carboxylic acids is 2. The monoisotopic (exact) mass is 359 g/mol. The number of benzene rings is 1. The fourth-order valence-corrected chi connectivity index (χ4v) is 3.81. The van der Waals surface area contributed by atoms with Gasteiger partial charge in [0.15, 0.2) is 0 Å². The van der Waals surface area contributed by atoms with Crippen LogP contribution in [0.3, 0.4) is 0 Å². The fourth-order valence-electron chi connectivity index (χ4n) is 3.81. The van der Waals surface area contributed by atoms with Crippen LogP contribution in [-0.2, 0) is 9.59 Å². The molecule has 7 nitrogen and oxygen atoms in total. The first kappa shape index (κ1) is 18.2. The molecule has 0 bridgehead atoms. The SMILES string of the molecule is Cc1cccc(NC(=O)N2CCCC(C(=O)N3CCC[C@@H]3C(=O)O)C2)c1. The van der Waals surface area contributed by atoms with Crippen LogP contribution in [-0.4, -0.2) is 58.5 Å². The second-order valence-corrected chi connectivity index (χ2v) is 7.11. The summed E-state index contributed by atoms with van der Waals surface area (Å²) in [5.41, 5.74) is 1.79. The molecule has 140 valence electrons. The zero-order chi connectivity index (χ0) is 18.7. The minimum atomic E-state index is -0.944. The van der Waals surface area contributed by atoms with E-state index in [0.717, 1.165) is 17.7 Å². The van der Waals surface area contributed by atoms with Crippen LogP contribution in [0, 0.1) is 12.8 Å². The summed E-state index contributed by atoms with van der Waals surface area (Å²) in [5, 5.41) is 12.2. The van der Waals surface area contributed by atoms with Gasteiger partial charge >= 0.3 is 12.0 Å². The smallest absolute Gasteiger partial charge is 0.326 e. The Hall–Kier alpha value is -2.57. The largest absolute Gasteiger partial charge is 0.480 e. The van der Waals surface area contributed by atoms with E-state index in [2.05, 4.69) is 5.32 Å². The molecule has 2 saturated heterocycles. The number of aliphatic carboxylic acids is 1. The number of piperidine rings is 1. The molecule has 0 spiro atoms. The molecule has 0 radical (unpaired) electrons. The highest BCUT2D eigenvalue weighted by Gasteiger charge is 2.38. The van der Waals surface area contributed by atoms with Gasteiger partial charge in [0.2, 0.25) is 5.91 Å². The van der Waals surface area contributed by atoms with Gasteiger partial charge in [-0.05, 0) is 50.3 Å². The summed E-state index contributed by atoms with van der Waals surface area (Å²) < 4.78 is 0. The molecule has 2 atom stereocenters. The van der Waals surface area contributed by atoms with Crippen LogP contribution in [0.1, 0.15) is 31.2 Å². The molecule has 2 heterocycles. The Balaban J connectivity index is 1.62. The molecule has 3 amide bonds.